The summed E-state index contributed by atoms with van der Waals surface area (Å²) in [6.07, 6.45) is 4.13. The zero-order valence-electron chi connectivity index (χ0n) is 22.7. The lowest BCUT2D eigenvalue weighted by molar-refractivity contribution is -0.137. The minimum Gasteiger partial charge on any atom is -0.322 e. The van der Waals surface area contributed by atoms with Gasteiger partial charge in [-0.15, -0.1) is 0 Å². The van der Waals surface area contributed by atoms with E-state index in [0.29, 0.717) is 23.4 Å². The Morgan fingerprint density at radius 1 is 1.05 bits per heavy atom. The largest absolute Gasteiger partial charge is 0.416 e. The van der Waals surface area contributed by atoms with Crippen LogP contribution in [0.2, 0.25) is 0 Å². The Morgan fingerprint density at radius 3 is 2.69 bits per heavy atom. The number of nitrogens with one attached hydrogen (secondary N) is 1. The molecule has 1 N–H and O–H groups in total. The van der Waals surface area contributed by atoms with Crippen molar-refractivity contribution >= 4 is 17.2 Å². The summed E-state index contributed by atoms with van der Waals surface area (Å²) in [5.74, 6) is 5.54. The standard InChI is InChI=1S/C31H26F3N7O/c1-21-6-7-23(13-22(21)8-9-27-17-35-29-5-4-10-37-41(27)29)30(42)38-25-14-24(31(32,33)34)15-28(16-25)40-19-26(36-20-40)18-39-11-2-3-12-39/h4-7,10,13-17,19-20H,2-3,11-12,18H2,1H3,(H,38,42). The fourth-order valence-electron chi connectivity index (χ4n) is 4.90. The third-order valence-electron chi connectivity index (χ3n) is 7.12. The van der Waals surface area contributed by atoms with Crippen molar-refractivity contribution in [3.63, 3.8) is 0 Å². The van der Waals surface area contributed by atoms with Gasteiger partial charge in [-0.1, -0.05) is 12.0 Å². The van der Waals surface area contributed by atoms with E-state index in [-0.39, 0.29) is 16.9 Å². The molecule has 0 aliphatic carbocycles. The molecule has 8 nitrogen and oxygen atoms in total. The van der Waals surface area contributed by atoms with Crippen molar-refractivity contribution in [1.82, 2.24) is 29.0 Å². The average molecular weight is 570 g/mol. The van der Waals surface area contributed by atoms with Crippen LogP contribution in [0.3, 0.4) is 0 Å². The maximum atomic E-state index is 13.8. The molecule has 0 spiro atoms. The summed E-state index contributed by atoms with van der Waals surface area (Å²) in [7, 11) is 0. The molecule has 6 rings (SSSR count). The van der Waals surface area contributed by atoms with Crippen molar-refractivity contribution in [1.29, 1.82) is 0 Å². The smallest absolute Gasteiger partial charge is 0.322 e. The van der Waals surface area contributed by atoms with Crippen LogP contribution in [0, 0.1) is 18.8 Å². The van der Waals surface area contributed by atoms with E-state index < -0.39 is 17.6 Å². The molecule has 4 heterocycles. The molecule has 0 radical (unpaired) electrons. The van der Waals surface area contributed by atoms with Crippen LogP contribution in [0.5, 0.6) is 0 Å². The van der Waals surface area contributed by atoms with E-state index in [9.17, 15) is 18.0 Å². The first-order chi connectivity index (χ1) is 20.2. The number of fused-ring (bicyclic) bond motifs is 1. The number of carbonyl (C=O) groups is 1. The van der Waals surface area contributed by atoms with Gasteiger partial charge in [0.1, 0.15) is 5.69 Å². The van der Waals surface area contributed by atoms with Crippen molar-refractivity contribution in [3.05, 3.63) is 107 Å². The number of hydrogen-bond donors (Lipinski definition) is 1. The van der Waals surface area contributed by atoms with Gasteiger partial charge in [0, 0.05) is 41.4 Å². The van der Waals surface area contributed by atoms with E-state index in [1.54, 1.807) is 51.9 Å². The number of carbonyl (C=O) groups excluding carboxylic acids is 1. The molecular formula is C31H26F3N7O. The Kier molecular flexibility index (Phi) is 7.22. The Labute approximate surface area is 239 Å². The topological polar surface area (TPSA) is 80.3 Å². The maximum absolute atomic E-state index is 13.8. The van der Waals surface area contributed by atoms with E-state index in [0.717, 1.165) is 49.3 Å². The van der Waals surface area contributed by atoms with Gasteiger partial charge in [0.2, 0.25) is 0 Å². The van der Waals surface area contributed by atoms with Crippen molar-refractivity contribution < 1.29 is 18.0 Å². The summed E-state index contributed by atoms with van der Waals surface area (Å²) in [6, 6.07) is 12.0. The Bertz CT molecular complexity index is 1840. The third-order valence-corrected chi connectivity index (χ3v) is 7.12. The SMILES string of the molecule is Cc1ccc(C(=O)Nc2cc(-n3cnc(CN4CCCC4)c3)cc(C(F)(F)F)c2)cc1C#Cc1cnc2cccnn12. The van der Waals surface area contributed by atoms with E-state index in [1.165, 1.54) is 12.4 Å². The van der Waals surface area contributed by atoms with Gasteiger partial charge in [-0.2, -0.15) is 18.3 Å². The van der Waals surface area contributed by atoms with Gasteiger partial charge in [0.05, 0.1) is 23.8 Å². The number of anilines is 1. The quantitative estimate of drug-likeness (QED) is 0.283. The molecule has 11 heteroatoms. The molecule has 2 aromatic carbocycles. The van der Waals surface area contributed by atoms with Crippen LogP contribution < -0.4 is 5.32 Å². The zero-order valence-corrected chi connectivity index (χ0v) is 22.7. The van der Waals surface area contributed by atoms with E-state index in [4.69, 9.17) is 0 Å². The highest BCUT2D eigenvalue weighted by Crippen LogP contribution is 2.33. The molecule has 3 aromatic heterocycles. The molecule has 1 aliphatic heterocycles. The van der Waals surface area contributed by atoms with Crippen LogP contribution >= 0.6 is 0 Å². The van der Waals surface area contributed by atoms with Crippen LogP contribution in [-0.4, -0.2) is 48.0 Å². The first-order valence-electron chi connectivity index (χ1n) is 13.4. The summed E-state index contributed by atoms with van der Waals surface area (Å²) in [6.45, 7) is 4.47. The normalized spacial score (nSPS) is 13.7. The minimum absolute atomic E-state index is 0.0182. The summed E-state index contributed by atoms with van der Waals surface area (Å²) in [5.41, 5.74) is 3.10. The molecule has 0 saturated carbocycles. The summed E-state index contributed by atoms with van der Waals surface area (Å²) in [5, 5.41) is 6.88. The minimum atomic E-state index is -4.60. The van der Waals surface area contributed by atoms with E-state index >= 15 is 0 Å². The second-order valence-electron chi connectivity index (χ2n) is 10.2. The molecule has 42 heavy (non-hydrogen) atoms. The monoisotopic (exact) mass is 569 g/mol. The number of nitrogens with zero attached hydrogens (tertiary/aromatic N) is 6. The van der Waals surface area contributed by atoms with Gasteiger partial charge in [-0.05, 0) is 86.8 Å². The number of aryl methyl sites for hydroxylation is 1. The number of imidazole rings is 2. The fraction of sp³-hybridized carbons (Fsp3) is 0.226. The van der Waals surface area contributed by atoms with Crippen LogP contribution in [0.25, 0.3) is 11.3 Å². The highest BCUT2D eigenvalue weighted by molar-refractivity contribution is 6.04. The maximum Gasteiger partial charge on any atom is 0.416 e. The van der Waals surface area contributed by atoms with Crippen LogP contribution in [-0.2, 0) is 12.7 Å². The van der Waals surface area contributed by atoms with Crippen LogP contribution in [0.1, 0.15) is 51.3 Å². The molecule has 1 amide bonds. The van der Waals surface area contributed by atoms with Crippen molar-refractivity contribution in [2.45, 2.75) is 32.5 Å². The van der Waals surface area contributed by atoms with Crippen LogP contribution in [0.4, 0.5) is 18.9 Å². The van der Waals surface area contributed by atoms with E-state index in [1.807, 2.05) is 13.0 Å². The van der Waals surface area contributed by atoms with Gasteiger partial charge in [-0.25, -0.2) is 14.5 Å². The number of benzene rings is 2. The second kappa shape index (κ2) is 11.1. The third kappa shape index (κ3) is 5.89. The lowest BCUT2D eigenvalue weighted by Gasteiger charge is -2.14. The number of amides is 1. The van der Waals surface area contributed by atoms with Gasteiger partial charge in [-0.3, -0.25) is 9.69 Å². The molecule has 0 unspecified atom stereocenters. The fourth-order valence-corrected chi connectivity index (χ4v) is 4.90. The van der Waals surface area contributed by atoms with Gasteiger partial charge in [0.25, 0.3) is 5.91 Å². The van der Waals surface area contributed by atoms with Crippen molar-refractivity contribution in [2.75, 3.05) is 18.4 Å². The Balaban J connectivity index is 1.26. The number of rotatable bonds is 5. The molecule has 212 valence electrons. The van der Waals surface area contributed by atoms with Gasteiger partial charge >= 0.3 is 6.18 Å². The van der Waals surface area contributed by atoms with Crippen molar-refractivity contribution in [3.8, 4) is 17.5 Å². The summed E-state index contributed by atoms with van der Waals surface area (Å²) >= 11 is 0. The lowest BCUT2D eigenvalue weighted by Crippen LogP contribution is -2.18. The second-order valence-corrected chi connectivity index (χ2v) is 10.2. The number of aromatic nitrogens is 5. The number of alkyl halides is 3. The molecule has 1 fully saturated rings. The molecule has 1 aliphatic rings. The molecule has 5 aromatic rings. The van der Waals surface area contributed by atoms with Gasteiger partial charge in [0.15, 0.2) is 5.65 Å². The highest BCUT2D eigenvalue weighted by Gasteiger charge is 2.31. The van der Waals surface area contributed by atoms with Crippen LogP contribution in [0.15, 0.2) is 73.4 Å². The lowest BCUT2D eigenvalue weighted by atomic mass is 10.0. The number of halogens is 3. The van der Waals surface area contributed by atoms with E-state index in [2.05, 4.69) is 37.1 Å². The average Bonchev–Trinajstić information content (AvgIpc) is 3.74. The predicted molar refractivity (Wildman–Crippen MR) is 151 cm³/mol. The molecular weight excluding hydrogens is 543 g/mol. The summed E-state index contributed by atoms with van der Waals surface area (Å²) in [4.78, 5) is 24.1. The van der Waals surface area contributed by atoms with Gasteiger partial charge < -0.3 is 9.88 Å². The number of hydrogen-bond acceptors (Lipinski definition) is 5. The Hall–Kier alpha value is -4.95. The number of likely N-dealkylation sites (tertiary alicyclic amines) is 1. The summed E-state index contributed by atoms with van der Waals surface area (Å²) < 4.78 is 44.6. The molecule has 1 saturated heterocycles. The first kappa shape index (κ1) is 27.2. The van der Waals surface area contributed by atoms with Crippen molar-refractivity contribution in [2.24, 2.45) is 0 Å². The zero-order chi connectivity index (χ0) is 29.3. The highest BCUT2D eigenvalue weighted by atomic mass is 19.4. The Morgan fingerprint density at radius 2 is 1.88 bits per heavy atom. The molecule has 0 atom stereocenters. The predicted octanol–water partition coefficient (Wildman–Crippen LogP) is 5.49. The molecule has 0 bridgehead atoms. The first-order valence-corrected chi connectivity index (χ1v) is 13.4.